The summed E-state index contributed by atoms with van der Waals surface area (Å²) in [7, 11) is 0. The number of amides is 1. The van der Waals surface area contributed by atoms with Gasteiger partial charge in [0.25, 0.3) is 0 Å². The van der Waals surface area contributed by atoms with Gasteiger partial charge in [0.15, 0.2) is 0 Å². The summed E-state index contributed by atoms with van der Waals surface area (Å²) in [5.74, 6) is 4.33. The van der Waals surface area contributed by atoms with E-state index in [1.54, 1.807) is 6.20 Å². The number of aryl methyl sites for hydroxylation is 1. The molecule has 1 amide bonds. The molecule has 0 unspecified atom stereocenters. The molecule has 5 nitrogen and oxygen atoms in total. The highest BCUT2D eigenvalue weighted by Gasteiger charge is 2.49. The normalized spacial score (nSPS) is 40.6. The van der Waals surface area contributed by atoms with Gasteiger partial charge in [-0.25, -0.2) is 0 Å². The van der Waals surface area contributed by atoms with Crippen molar-refractivity contribution in [2.75, 3.05) is 6.54 Å². The van der Waals surface area contributed by atoms with Crippen LogP contribution in [0, 0.1) is 30.6 Å². The molecule has 1 aliphatic heterocycles. The largest absolute Gasteiger partial charge is 0.487 e. The standard InChI is InChI=1S/C21H29N3O2/c1-12-19(3-2-4-22-12)26-17-10-18(23-11-17)21(25)24-20-15-6-13-5-14(8-15)9-16(20)7-13/h2-4,13-18,20,23H,5-11H2,1H3,(H,24,25)/t13?,14?,15?,16?,17-,18-,20?/m0/s1. The van der Waals surface area contributed by atoms with Gasteiger partial charge >= 0.3 is 0 Å². The van der Waals surface area contributed by atoms with E-state index in [0.717, 1.165) is 41.5 Å². The maximum atomic E-state index is 12.9. The SMILES string of the molecule is Cc1ncccc1O[C@@H]1CN[C@H](C(=O)NC2C3CC4CC(C3)CC2C4)C1. The lowest BCUT2D eigenvalue weighted by molar-refractivity contribution is -0.126. The number of nitrogens with one attached hydrogen (secondary N) is 2. The van der Waals surface area contributed by atoms with Crippen LogP contribution in [0.5, 0.6) is 5.75 Å². The number of carbonyl (C=O) groups is 1. The molecule has 0 radical (unpaired) electrons. The topological polar surface area (TPSA) is 63.2 Å². The molecule has 6 rings (SSSR count). The lowest BCUT2D eigenvalue weighted by Crippen LogP contribution is -2.58. The first kappa shape index (κ1) is 16.5. The zero-order valence-corrected chi connectivity index (χ0v) is 15.5. The van der Waals surface area contributed by atoms with Gasteiger partial charge in [-0.2, -0.15) is 0 Å². The fourth-order valence-corrected chi connectivity index (χ4v) is 6.19. The smallest absolute Gasteiger partial charge is 0.237 e. The van der Waals surface area contributed by atoms with Crippen LogP contribution < -0.4 is 15.4 Å². The first-order valence-corrected chi connectivity index (χ1v) is 10.3. The van der Waals surface area contributed by atoms with Crippen LogP contribution in [0.2, 0.25) is 0 Å². The second-order valence-corrected chi connectivity index (χ2v) is 8.99. The van der Waals surface area contributed by atoms with E-state index in [9.17, 15) is 4.79 Å². The van der Waals surface area contributed by atoms with Crippen molar-refractivity contribution in [2.45, 2.75) is 63.6 Å². The van der Waals surface area contributed by atoms with Crippen LogP contribution >= 0.6 is 0 Å². The minimum Gasteiger partial charge on any atom is -0.487 e. The second-order valence-electron chi connectivity index (χ2n) is 8.99. The monoisotopic (exact) mass is 355 g/mol. The van der Waals surface area contributed by atoms with E-state index in [4.69, 9.17) is 4.74 Å². The Labute approximate surface area is 155 Å². The van der Waals surface area contributed by atoms with E-state index in [0.29, 0.717) is 12.6 Å². The number of pyridine rings is 1. The lowest BCUT2D eigenvalue weighted by atomic mass is 9.54. The third-order valence-electron chi connectivity index (χ3n) is 7.19. The molecule has 4 aliphatic carbocycles. The molecule has 0 spiro atoms. The molecule has 140 valence electrons. The highest BCUT2D eigenvalue weighted by Crippen LogP contribution is 2.53. The van der Waals surface area contributed by atoms with Crippen LogP contribution in [0.15, 0.2) is 18.3 Å². The van der Waals surface area contributed by atoms with Gasteiger partial charge < -0.3 is 15.4 Å². The van der Waals surface area contributed by atoms with Crippen molar-refractivity contribution in [1.82, 2.24) is 15.6 Å². The van der Waals surface area contributed by atoms with Gasteiger partial charge in [-0.3, -0.25) is 9.78 Å². The van der Waals surface area contributed by atoms with Gasteiger partial charge in [-0.15, -0.1) is 0 Å². The first-order chi connectivity index (χ1) is 12.7. The van der Waals surface area contributed by atoms with E-state index in [1.807, 2.05) is 19.1 Å². The molecule has 5 aliphatic rings. The Kier molecular flexibility index (Phi) is 4.15. The molecule has 2 heterocycles. The van der Waals surface area contributed by atoms with Crippen LogP contribution in [0.3, 0.4) is 0 Å². The highest BCUT2D eigenvalue weighted by molar-refractivity contribution is 5.82. The third-order valence-corrected chi connectivity index (χ3v) is 7.19. The Morgan fingerprint density at radius 2 is 1.88 bits per heavy atom. The van der Waals surface area contributed by atoms with Crippen molar-refractivity contribution in [3.63, 3.8) is 0 Å². The van der Waals surface area contributed by atoms with E-state index < -0.39 is 0 Å². The molecule has 5 fully saturated rings. The minimum atomic E-state index is -0.130. The van der Waals surface area contributed by atoms with Gasteiger partial charge in [0.1, 0.15) is 11.9 Å². The second kappa shape index (κ2) is 6.52. The van der Waals surface area contributed by atoms with Crippen LogP contribution in [0.4, 0.5) is 0 Å². The summed E-state index contributed by atoms with van der Waals surface area (Å²) in [5.41, 5.74) is 0.897. The summed E-state index contributed by atoms with van der Waals surface area (Å²) in [5, 5.41) is 6.79. The molecule has 2 N–H and O–H groups in total. The Bertz CT molecular complexity index is 664. The maximum Gasteiger partial charge on any atom is 0.237 e. The number of hydrogen-bond acceptors (Lipinski definition) is 4. The highest BCUT2D eigenvalue weighted by atomic mass is 16.5. The van der Waals surface area contributed by atoms with Crippen LogP contribution in [-0.2, 0) is 4.79 Å². The van der Waals surface area contributed by atoms with Gasteiger partial charge in [0.05, 0.1) is 11.7 Å². The molecular formula is C21H29N3O2. The van der Waals surface area contributed by atoms with E-state index in [-0.39, 0.29) is 18.1 Å². The van der Waals surface area contributed by atoms with E-state index in [2.05, 4.69) is 15.6 Å². The zero-order valence-electron chi connectivity index (χ0n) is 15.5. The summed E-state index contributed by atoms with van der Waals surface area (Å²) >= 11 is 0. The zero-order chi connectivity index (χ0) is 17.7. The predicted octanol–water partition coefficient (Wildman–Crippen LogP) is 2.44. The van der Waals surface area contributed by atoms with Gasteiger partial charge in [-0.1, -0.05) is 0 Å². The Morgan fingerprint density at radius 3 is 2.58 bits per heavy atom. The van der Waals surface area contributed by atoms with Crippen LogP contribution in [-0.4, -0.2) is 35.6 Å². The predicted molar refractivity (Wildman–Crippen MR) is 98.8 cm³/mol. The summed E-state index contributed by atoms with van der Waals surface area (Å²) in [6.07, 6.45) is 9.33. The fourth-order valence-electron chi connectivity index (χ4n) is 6.19. The van der Waals surface area contributed by atoms with Crippen molar-refractivity contribution in [1.29, 1.82) is 0 Å². The molecule has 26 heavy (non-hydrogen) atoms. The average Bonchev–Trinajstić information content (AvgIpc) is 3.08. The number of ether oxygens (including phenoxy) is 1. The molecule has 1 saturated heterocycles. The van der Waals surface area contributed by atoms with E-state index in [1.165, 1.54) is 32.1 Å². The number of carbonyl (C=O) groups excluding carboxylic acids is 1. The number of rotatable bonds is 4. The van der Waals surface area contributed by atoms with Gasteiger partial charge in [0.2, 0.25) is 5.91 Å². The molecule has 5 heteroatoms. The van der Waals surface area contributed by atoms with Crippen LogP contribution in [0.25, 0.3) is 0 Å². The molecule has 2 atom stereocenters. The van der Waals surface area contributed by atoms with E-state index >= 15 is 0 Å². The third kappa shape index (κ3) is 3.00. The van der Waals surface area contributed by atoms with Gasteiger partial charge in [0, 0.05) is 25.2 Å². The molecule has 1 aromatic heterocycles. The van der Waals surface area contributed by atoms with Crippen molar-refractivity contribution < 1.29 is 9.53 Å². The molecule has 4 bridgehead atoms. The van der Waals surface area contributed by atoms with Crippen molar-refractivity contribution in [2.24, 2.45) is 23.7 Å². The van der Waals surface area contributed by atoms with Crippen molar-refractivity contribution in [3.05, 3.63) is 24.0 Å². The Balaban J connectivity index is 1.18. The average molecular weight is 355 g/mol. The summed E-state index contributed by atoms with van der Waals surface area (Å²) in [6, 6.07) is 4.12. The molecule has 0 aromatic carbocycles. The number of nitrogens with zero attached hydrogens (tertiary/aromatic N) is 1. The molecule has 4 saturated carbocycles. The Hall–Kier alpha value is -1.62. The van der Waals surface area contributed by atoms with Crippen molar-refractivity contribution in [3.8, 4) is 5.75 Å². The van der Waals surface area contributed by atoms with Crippen LogP contribution in [0.1, 0.15) is 44.2 Å². The van der Waals surface area contributed by atoms with Gasteiger partial charge in [-0.05, 0) is 74.8 Å². The quantitative estimate of drug-likeness (QED) is 0.871. The molecular weight excluding hydrogens is 326 g/mol. The lowest BCUT2D eigenvalue weighted by Gasteiger charge is -2.54. The minimum absolute atomic E-state index is 0.0344. The Morgan fingerprint density at radius 1 is 1.15 bits per heavy atom. The maximum absolute atomic E-state index is 12.9. The number of aromatic nitrogens is 1. The fraction of sp³-hybridized carbons (Fsp3) is 0.714. The summed E-state index contributed by atoms with van der Waals surface area (Å²) in [6.45, 7) is 2.67. The first-order valence-electron chi connectivity index (χ1n) is 10.3. The number of hydrogen-bond donors (Lipinski definition) is 2. The summed E-state index contributed by atoms with van der Waals surface area (Å²) in [4.78, 5) is 17.1. The van der Waals surface area contributed by atoms with Crippen molar-refractivity contribution >= 4 is 5.91 Å². The molecule has 1 aromatic rings. The summed E-state index contributed by atoms with van der Waals surface area (Å²) < 4.78 is 6.07.